The third-order valence-electron chi connectivity index (χ3n) is 5.16. The highest BCUT2D eigenvalue weighted by atomic mass is 16.4. The molecule has 1 aromatic rings. The van der Waals surface area contributed by atoms with E-state index in [2.05, 4.69) is 5.32 Å². The highest BCUT2D eigenvalue weighted by Gasteiger charge is 2.36. The number of carbonyl (C=O) groups excluding carboxylic acids is 1. The molecule has 1 amide bonds. The van der Waals surface area contributed by atoms with Crippen LogP contribution in [0.15, 0.2) is 30.3 Å². The SMILES string of the molecule is CNC(Cc1ccccc1)C(=O)N1CC(CN)C(CCCB(O)O)C1. The zero-order chi connectivity index (χ0) is 18.2. The first-order valence-electron chi connectivity index (χ1n) is 9.11. The minimum absolute atomic E-state index is 0.120. The van der Waals surface area contributed by atoms with E-state index in [1.54, 1.807) is 0 Å². The van der Waals surface area contributed by atoms with E-state index in [-0.39, 0.29) is 17.9 Å². The van der Waals surface area contributed by atoms with Crippen molar-refractivity contribution in [2.24, 2.45) is 17.6 Å². The van der Waals surface area contributed by atoms with Crippen molar-refractivity contribution in [1.29, 1.82) is 0 Å². The molecule has 3 atom stereocenters. The monoisotopic (exact) mass is 347 g/mol. The first kappa shape index (κ1) is 19.9. The van der Waals surface area contributed by atoms with Gasteiger partial charge in [0.15, 0.2) is 0 Å². The Morgan fingerprint density at radius 2 is 2.00 bits per heavy atom. The van der Waals surface area contributed by atoms with Gasteiger partial charge in [-0.3, -0.25) is 4.79 Å². The van der Waals surface area contributed by atoms with Crippen molar-refractivity contribution in [1.82, 2.24) is 10.2 Å². The maximum Gasteiger partial charge on any atom is 0.451 e. The molecule has 5 N–H and O–H groups in total. The Hall–Kier alpha value is -1.41. The van der Waals surface area contributed by atoms with Crippen molar-refractivity contribution in [3.63, 3.8) is 0 Å². The minimum atomic E-state index is -1.25. The molecule has 1 aliphatic heterocycles. The molecular weight excluding hydrogens is 317 g/mol. The molecule has 0 spiro atoms. The summed E-state index contributed by atoms with van der Waals surface area (Å²) in [5, 5.41) is 21.1. The van der Waals surface area contributed by atoms with Crippen LogP contribution in [0.4, 0.5) is 0 Å². The van der Waals surface area contributed by atoms with Gasteiger partial charge in [-0.1, -0.05) is 36.8 Å². The number of carbonyl (C=O) groups is 1. The van der Waals surface area contributed by atoms with Crippen molar-refractivity contribution >= 4 is 13.0 Å². The lowest BCUT2D eigenvalue weighted by molar-refractivity contribution is -0.132. The number of likely N-dealkylation sites (tertiary alicyclic amines) is 1. The molecule has 7 heteroatoms. The molecule has 1 aromatic carbocycles. The lowest BCUT2D eigenvalue weighted by atomic mass is 9.80. The maximum atomic E-state index is 12.9. The summed E-state index contributed by atoms with van der Waals surface area (Å²) in [7, 11) is 0.567. The van der Waals surface area contributed by atoms with Gasteiger partial charge in [0, 0.05) is 13.1 Å². The second kappa shape index (κ2) is 9.92. The van der Waals surface area contributed by atoms with Crippen LogP contribution in [0.3, 0.4) is 0 Å². The molecule has 25 heavy (non-hydrogen) atoms. The van der Waals surface area contributed by atoms with Crippen molar-refractivity contribution in [3.8, 4) is 0 Å². The average molecular weight is 347 g/mol. The number of nitrogens with zero attached hydrogens (tertiary/aromatic N) is 1. The summed E-state index contributed by atoms with van der Waals surface area (Å²) in [5.41, 5.74) is 7.04. The fourth-order valence-electron chi connectivity index (χ4n) is 3.66. The van der Waals surface area contributed by atoms with E-state index >= 15 is 0 Å². The van der Waals surface area contributed by atoms with Crippen molar-refractivity contribution in [2.45, 2.75) is 31.6 Å². The van der Waals surface area contributed by atoms with Crippen LogP contribution in [0.1, 0.15) is 18.4 Å². The van der Waals surface area contributed by atoms with E-state index in [9.17, 15) is 4.79 Å². The highest BCUT2D eigenvalue weighted by Crippen LogP contribution is 2.28. The number of nitrogens with one attached hydrogen (secondary N) is 1. The quantitative estimate of drug-likeness (QED) is 0.475. The van der Waals surface area contributed by atoms with Gasteiger partial charge in [0.25, 0.3) is 0 Å². The Kier molecular flexibility index (Phi) is 7.90. The van der Waals surface area contributed by atoms with E-state index in [0.29, 0.717) is 38.3 Å². The molecule has 6 nitrogen and oxygen atoms in total. The summed E-state index contributed by atoms with van der Waals surface area (Å²) >= 11 is 0. The van der Waals surface area contributed by atoms with Crippen LogP contribution >= 0.6 is 0 Å². The largest absolute Gasteiger partial charge is 0.451 e. The molecule has 0 aliphatic carbocycles. The van der Waals surface area contributed by atoms with Crippen LogP contribution in [0.2, 0.25) is 6.32 Å². The van der Waals surface area contributed by atoms with Gasteiger partial charge in [-0.05, 0) is 50.2 Å². The summed E-state index contributed by atoms with van der Waals surface area (Å²) in [4.78, 5) is 14.8. The number of hydrogen-bond acceptors (Lipinski definition) is 5. The van der Waals surface area contributed by atoms with Crippen molar-refractivity contribution in [3.05, 3.63) is 35.9 Å². The molecule has 2 rings (SSSR count). The molecule has 1 heterocycles. The molecular formula is C18H30BN3O3. The molecule has 0 aromatic heterocycles. The third-order valence-corrected chi connectivity index (χ3v) is 5.16. The zero-order valence-corrected chi connectivity index (χ0v) is 15.0. The maximum absolute atomic E-state index is 12.9. The minimum Gasteiger partial charge on any atom is -0.427 e. The van der Waals surface area contributed by atoms with Crippen LogP contribution in [-0.4, -0.2) is 60.7 Å². The first-order chi connectivity index (χ1) is 12.0. The van der Waals surface area contributed by atoms with Crippen LogP contribution in [0, 0.1) is 11.8 Å². The van der Waals surface area contributed by atoms with E-state index in [0.717, 1.165) is 18.4 Å². The van der Waals surface area contributed by atoms with E-state index in [4.69, 9.17) is 15.8 Å². The highest BCUT2D eigenvalue weighted by molar-refractivity contribution is 6.40. The van der Waals surface area contributed by atoms with Gasteiger partial charge in [-0.25, -0.2) is 0 Å². The predicted octanol–water partition coefficient (Wildman–Crippen LogP) is 0.103. The smallest absolute Gasteiger partial charge is 0.427 e. The van der Waals surface area contributed by atoms with Crippen molar-refractivity contribution in [2.75, 3.05) is 26.7 Å². The van der Waals surface area contributed by atoms with Gasteiger partial charge in [0.05, 0.1) is 6.04 Å². The molecule has 1 aliphatic rings. The Bertz CT molecular complexity index is 530. The molecule has 0 radical (unpaired) electrons. The molecule has 138 valence electrons. The Morgan fingerprint density at radius 3 is 2.60 bits per heavy atom. The second-order valence-electron chi connectivity index (χ2n) is 6.94. The number of likely N-dealkylation sites (N-methyl/N-ethyl adjacent to an activating group) is 1. The van der Waals surface area contributed by atoms with Crippen LogP contribution in [0.25, 0.3) is 0 Å². The Labute approximate surface area is 150 Å². The lowest BCUT2D eigenvalue weighted by Crippen LogP contribution is -2.46. The second-order valence-corrected chi connectivity index (χ2v) is 6.94. The van der Waals surface area contributed by atoms with Crippen LogP contribution < -0.4 is 11.1 Å². The summed E-state index contributed by atoms with van der Waals surface area (Å²) in [6, 6.07) is 9.77. The van der Waals surface area contributed by atoms with Crippen LogP contribution in [-0.2, 0) is 11.2 Å². The average Bonchev–Trinajstić information content (AvgIpc) is 3.03. The summed E-state index contributed by atoms with van der Waals surface area (Å²) < 4.78 is 0. The van der Waals surface area contributed by atoms with Gasteiger partial charge in [0.2, 0.25) is 5.91 Å². The summed E-state index contributed by atoms with van der Waals surface area (Å²) in [6.45, 7) is 1.95. The summed E-state index contributed by atoms with van der Waals surface area (Å²) in [6.07, 6.45) is 2.64. The first-order valence-corrected chi connectivity index (χ1v) is 9.11. The van der Waals surface area contributed by atoms with Gasteiger partial charge in [0.1, 0.15) is 0 Å². The predicted molar refractivity (Wildman–Crippen MR) is 99.8 cm³/mol. The number of nitrogens with two attached hydrogens (primary N) is 1. The van der Waals surface area contributed by atoms with Gasteiger partial charge >= 0.3 is 7.12 Å². The molecule has 1 saturated heterocycles. The normalized spacial score (nSPS) is 21.4. The van der Waals surface area contributed by atoms with E-state index < -0.39 is 7.12 Å². The van der Waals surface area contributed by atoms with Gasteiger partial charge in [-0.15, -0.1) is 0 Å². The zero-order valence-electron chi connectivity index (χ0n) is 15.0. The van der Waals surface area contributed by atoms with Gasteiger partial charge < -0.3 is 26.0 Å². The fourth-order valence-corrected chi connectivity index (χ4v) is 3.66. The molecule has 0 bridgehead atoms. The fraction of sp³-hybridized carbons (Fsp3) is 0.611. The number of rotatable bonds is 9. The Morgan fingerprint density at radius 1 is 1.32 bits per heavy atom. The van der Waals surface area contributed by atoms with E-state index in [1.165, 1.54) is 0 Å². The van der Waals surface area contributed by atoms with Crippen LogP contribution in [0.5, 0.6) is 0 Å². The number of amides is 1. The lowest BCUT2D eigenvalue weighted by Gasteiger charge is -2.23. The molecule has 1 fully saturated rings. The van der Waals surface area contributed by atoms with Gasteiger partial charge in [-0.2, -0.15) is 0 Å². The summed E-state index contributed by atoms with van der Waals surface area (Å²) in [5.74, 6) is 0.741. The molecule has 3 unspecified atom stereocenters. The molecule has 0 saturated carbocycles. The topological polar surface area (TPSA) is 98.8 Å². The Balaban J connectivity index is 1.93. The van der Waals surface area contributed by atoms with Crippen molar-refractivity contribution < 1.29 is 14.8 Å². The third kappa shape index (κ3) is 5.82. The standard InChI is InChI=1S/C18H30BN3O3/c1-21-17(10-14-6-3-2-4-7-14)18(23)22-12-15(16(11-20)13-22)8-5-9-19(24)25/h2-4,6-7,15-17,21,24-25H,5,8-13,20H2,1H3. The number of hydrogen-bond donors (Lipinski definition) is 4. The number of benzene rings is 1. The van der Waals surface area contributed by atoms with E-state index in [1.807, 2.05) is 42.3 Å².